The van der Waals surface area contributed by atoms with Crippen LogP contribution in [0.3, 0.4) is 0 Å². The molecule has 0 bridgehead atoms. The van der Waals surface area contributed by atoms with Gasteiger partial charge in [0.25, 0.3) is 5.91 Å². The highest BCUT2D eigenvalue weighted by molar-refractivity contribution is 7.13. The van der Waals surface area contributed by atoms with Crippen molar-refractivity contribution in [2.75, 3.05) is 5.32 Å². The number of nitrogens with zero attached hydrogens (tertiary/aromatic N) is 2. The van der Waals surface area contributed by atoms with Gasteiger partial charge in [0.15, 0.2) is 10.8 Å². The van der Waals surface area contributed by atoms with Gasteiger partial charge in [0, 0.05) is 10.9 Å². The molecule has 0 unspecified atom stereocenters. The second kappa shape index (κ2) is 4.76. The Labute approximate surface area is 103 Å². The molecule has 5 heteroatoms. The third-order valence-corrected chi connectivity index (χ3v) is 2.95. The lowest BCUT2D eigenvalue weighted by Gasteiger charge is -2.01. The van der Waals surface area contributed by atoms with Gasteiger partial charge < -0.3 is 0 Å². The van der Waals surface area contributed by atoms with Crippen molar-refractivity contribution in [3.63, 3.8) is 0 Å². The van der Waals surface area contributed by atoms with Crippen LogP contribution >= 0.6 is 11.3 Å². The maximum absolute atomic E-state index is 11.8. The fourth-order valence-corrected chi connectivity index (χ4v) is 1.98. The van der Waals surface area contributed by atoms with Crippen LogP contribution in [-0.4, -0.2) is 10.9 Å². The summed E-state index contributed by atoms with van der Waals surface area (Å²) < 4.78 is 0. The van der Waals surface area contributed by atoms with Crippen molar-refractivity contribution in [1.82, 2.24) is 4.98 Å². The summed E-state index contributed by atoms with van der Waals surface area (Å²) in [6, 6.07) is 6.58. The molecule has 1 aromatic carbocycles. The van der Waals surface area contributed by atoms with E-state index in [1.54, 1.807) is 24.3 Å². The molecule has 0 aliphatic rings. The molecule has 0 saturated carbocycles. The molecule has 1 N–H and O–H groups in total. The maximum atomic E-state index is 11.8. The summed E-state index contributed by atoms with van der Waals surface area (Å²) in [6.45, 7) is 8.76. The van der Waals surface area contributed by atoms with E-state index >= 15 is 0 Å². The number of thiazole rings is 1. The minimum Gasteiger partial charge on any atom is -0.298 e. The highest BCUT2D eigenvalue weighted by Gasteiger charge is 2.08. The number of carbonyl (C=O) groups is 1. The van der Waals surface area contributed by atoms with Gasteiger partial charge in [0.2, 0.25) is 0 Å². The predicted molar refractivity (Wildman–Crippen MR) is 67.5 cm³/mol. The van der Waals surface area contributed by atoms with Crippen LogP contribution in [0.15, 0.2) is 29.6 Å². The number of hydrogen-bond acceptors (Lipinski definition) is 3. The Morgan fingerprint density at radius 2 is 2.35 bits per heavy atom. The number of aromatic nitrogens is 1. The lowest BCUT2D eigenvalue weighted by atomic mass is 10.2. The van der Waals surface area contributed by atoms with E-state index in [2.05, 4.69) is 15.1 Å². The molecule has 0 fully saturated rings. The van der Waals surface area contributed by atoms with Crippen molar-refractivity contribution < 1.29 is 4.79 Å². The van der Waals surface area contributed by atoms with E-state index in [4.69, 9.17) is 6.57 Å². The van der Waals surface area contributed by atoms with Gasteiger partial charge in [-0.2, -0.15) is 0 Å². The number of anilines is 1. The second-order valence-electron chi connectivity index (χ2n) is 3.41. The van der Waals surface area contributed by atoms with Crippen molar-refractivity contribution in [2.24, 2.45) is 0 Å². The summed E-state index contributed by atoms with van der Waals surface area (Å²) in [7, 11) is 0. The zero-order chi connectivity index (χ0) is 12.3. The van der Waals surface area contributed by atoms with E-state index in [-0.39, 0.29) is 5.91 Å². The lowest BCUT2D eigenvalue weighted by molar-refractivity contribution is 0.102. The average molecular weight is 243 g/mol. The molecule has 2 aromatic rings. The van der Waals surface area contributed by atoms with Crippen molar-refractivity contribution >= 4 is 28.1 Å². The van der Waals surface area contributed by atoms with E-state index in [0.717, 1.165) is 5.69 Å². The fourth-order valence-electron chi connectivity index (χ4n) is 1.30. The maximum Gasteiger partial charge on any atom is 0.256 e. The molecule has 17 heavy (non-hydrogen) atoms. The predicted octanol–water partition coefficient (Wildman–Crippen LogP) is 3.25. The summed E-state index contributed by atoms with van der Waals surface area (Å²) >= 11 is 1.38. The molecule has 84 valence electrons. The van der Waals surface area contributed by atoms with Crippen molar-refractivity contribution in [1.29, 1.82) is 0 Å². The first-order valence-corrected chi connectivity index (χ1v) is 5.78. The third kappa shape index (κ3) is 2.68. The largest absolute Gasteiger partial charge is 0.298 e. The Bertz CT molecular complexity index is 598. The number of aryl methyl sites for hydroxylation is 1. The molecular formula is C12H9N3OS. The highest BCUT2D eigenvalue weighted by Crippen LogP contribution is 2.18. The molecule has 0 aliphatic carbocycles. The molecule has 4 nitrogen and oxygen atoms in total. The van der Waals surface area contributed by atoms with Crippen molar-refractivity contribution in [3.05, 3.63) is 52.3 Å². The van der Waals surface area contributed by atoms with E-state index in [1.807, 2.05) is 12.3 Å². The normalized spacial score (nSPS) is 9.65. The Balaban J connectivity index is 2.17. The van der Waals surface area contributed by atoms with Gasteiger partial charge >= 0.3 is 0 Å². The highest BCUT2D eigenvalue weighted by atomic mass is 32.1. The van der Waals surface area contributed by atoms with Crippen LogP contribution in [0.1, 0.15) is 16.1 Å². The van der Waals surface area contributed by atoms with E-state index in [9.17, 15) is 4.79 Å². The van der Waals surface area contributed by atoms with E-state index < -0.39 is 0 Å². The van der Waals surface area contributed by atoms with Gasteiger partial charge in [0.1, 0.15) is 0 Å². The van der Waals surface area contributed by atoms with E-state index in [1.165, 1.54) is 11.3 Å². The van der Waals surface area contributed by atoms with Gasteiger partial charge in [-0.3, -0.25) is 10.1 Å². The van der Waals surface area contributed by atoms with Gasteiger partial charge in [-0.05, 0) is 13.0 Å². The number of nitrogens with one attached hydrogen (secondary N) is 1. The van der Waals surface area contributed by atoms with Gasteiger partial charge in [0.05, 0.1) is 12.3 Å². The third-order valence-electron chi connectivity index (χ3n) is 2.08. The SMILES string of the molecule is [C-]#[N+]c1cccc(C(=O)Nc2nc(C)cs2)c1. The fraction of sp³-hybridized carbons (Fsp3) is 0.0833. The second-order valence-corrected chi connectivity index (χ2v) is 4.27. The van der Waals surface area contributed by atoms with Crippen LogP contribution in [-0.2, 0) is 0 Å². The summed E-state index contributed by atoms with van der Waals surface area (Å²) in [5.74, 6) is -0.246. The number of amides is 1. The summed E-state index contributed by atoms with van der Waals surface area (Å²) in [4.78, 5) is 19.3. The quantitative estimate of drug-likeness (QED) is 0.823. The van der Waals surface area contributed by atoms with Gasteiger partial charge in [-0.1, -0.05) is 18.2 Å². The monoisotopic (exact) mass is 243 g/mol. The first kappa shape index (κ1) is 11.3. The summed E-state index contributed by atoms with van der Waals surface area (Å²) in [6.07, 6.45) is 0. The molecule has 0 aliphatic heterocycles. The molecule has 1 heterocycles. The average Bonchev–Trinajstić information content (AvgIpc) is 2.75. The van der Waals surface area contributed by atoms with Crippen LogP contribution < -0.4 is 5.32 Å². The lowest BCUT2D eigenvalue weighted by Crippen LogP contribution is -2.11. The topological polar surface area (TPSA) is 46.4 Å². The van der Waals surface area contributed by atoms with Gasteiger partial charge in [-0.25, -0.2) is 9.83 Å². The smallest absolute Gasteiger partial charge is 0.256 e. The molecule has 1 amide bonds. The first-order valence-electron chi connectivity index (χ1n) is 4.90. The molecule has 2 rings (SSSR count). The summed E-state index contributed by atoms with van der Waals surface area (Å²) in [5.41, 5.74) is 1.79. The molecule has 0 spiro atoms. The molecule has 0 saturated heterocycles. The number of rotatable bonds is 2. The van der Waals surface area contributed by atoms with Crippen molar-refractivity contribution in [3.8, 4) is 0 Å². The van der Waals surface area contributed by atoms with Crippen LogP contribution in [0.2, 0.25) is 0 Å². The van der Waals surface area contributed by atoms with Crippen LogP contribution in [0, 0.1) is 13.5 Å². The Hall–Kier alpha value is -2.19. The molecule has 1 aromatic heterocycles. The van der Waals surface area contributed by atoms with Crippen molar-refractivity contribution in [2.45, 2.75) is 6.92 Å². The minimum atomic E-state index is -0.246. The van der Waals surface area contributed by atoms with Crippen LogP contribution in [0.5, 0.6) is 0 Å². The van der Waals surface area contributed by atoms with Crippen LogP contribution in [0.4, 0.5) is 10.8 Å². The number of hydrogen-bond donors (Lipinski definition) is 1. The van der Waals surface area contributed by atoms with Crippen LogP contribution in [0.25, 0.3) is 4.85 Å². The zero-order valence-corrected chi connectivity index (χ0v) is 9.91. The van der Waals surface area contributed by atoms with Gasteiger partial charge in [-0.15, -0.1) is 11.3 Å². The molecular weight excluding hydrogens is 234 g/mol. The van der Waals surface area contributed by atoms with E-state index in [0.29, 0.717) is 16.4 Å². The minimum absolute atomic E-state index is 0.246. The number of carbonyl (C=O) groups excluding carboxylic acids is 1. The molecule has 0 radical (unpaired) electrons. The Morgan fingerprint density at radius 1 is 1.53 bits per heavy atom. The number of benzene rings is 1. The Morgan fingerprint density at radius 3 is 3.00 bits per heavy atom. The molecule has 0 atom stereocenters. The Kier molecular flexibility index (Phi) is 3.17. The first-order chi connectivity index (χ1) is 8.19. The zero-order valence-electron chi connectivity index (χ0n) is 9.10. The summed E-state index contributed by atoms with van der Waals surface area (Å²) in [5, 5.41) is 5.13. The standard InChI is InChI=1S/C12H9N3OS/c1-8-7-17-12(14-8)15-11(16)9-4-3-5-10(6-9)13-2/h3-7H,1H3,(H,14,15,16).